The average molecular weight is 309 g/mol. The first-order valence-electron chi connectivity index (χ1n) is 5.87. The molecule has 0 fully saturated rings. The fraction of sp³-hybridized carbons (Fsp3) is 0.385. The highest BCUT2D eigenvalue weighted by Gasteiger charge is 2.09. The molecule has 0 saturated carbocycles. The van der Waals surface area contributed by atoms with Crippen LogP contribution in [0.25, 0.3) is 0 Å². The third kappa shape index (κ3) is 2.79. The molecule has 1 N–H and O–H groups in total. The normalized spacial score (nSPS) is 10.9. The molecule has 0 aromatic carbocycles. The number of nitrogens with one attached hydrogen (secondary N) is 1. The number of pyridine rings is 1. The third-order valence-electron chi connectivity index (χ3n) is 3.02. The fourth-order valence-corrected chi connectivity index (χ4v) is 2.35. The zero-order chi connectivity index (χ0) is 13.1. The molecule has 2 aromatic heterocycles. The summed E-state index contributed by atoms with van der Waals surface area (Å²) < 4.78 is 2.99. The van der Waals surface area contributed by atoms with Gasteiger partial charge in [0.05, 0.1) is 15.9 Å². The molecule has 0 aliphatic rings. The smallest absolute Gasteiger partial charge is 0.0739 e. The Balaban J connectivity index is 1.99. The predicted octanol–water partition coefficient (Wildman–Crippen LogP) is 2.48. The van der Waals surface area contributed by atoms with E-state index in [-0.39, 0.29) is 0 Å². The number of halogens is 1. The molecular weight excluding hydrogens is 292 g/mol. The van der Waals surface area contributed by atoms with Crippen molar-refractivity contribution in [3.05, 3.63) is 45.4 Å². The summed E-state index contributed by atoms with van der Waals surface area (Å²) in [5, 5.41) is 7.79. The molecule has 0 aliphatic carbocycles. The molecule has 0 spiro atoms. The number of aryl methyl sites for hydroxylation is 3. The van der Waals surface area contributed by atoms with Crippen molar-refractivity contribution >= 4 is 15.9 Å². The maximum absolute atomic E-state index is 4.37. The minimum absolute atomic E-state index is 0.784. The summed E-state index contributed by atoms with van der Waals surface area (Å²) in [6.07, 6.45) is 3.73. The van der Waals surface area contributed by atoms with E-state index in [9.17, 15) is 0 Å². The van der Waals surface area contributed by atoms with Crippen molar-refractivity contribution in [2.75, 3.05) is 0 Å². The summed E-state index contributed by atoms with van der Waals surface area (Å²) in [6, 6.07) is 2.03. The van der Waals surface area contributed by atoms with Crippen molar-refractivity contribution in [2.45, 2.75) is 26.9 Å². The molecule has 0 saturated heterocycles. The monoisotopic (exact) mass is 308 g/mol. The topological polar surface area (TPSA) is 42.7 Å². The summed E-state index contributed by atoms with van der Waals surface area (Å²) in [5.74, 6) is 0. The second-order valence-electron chi connectivity index (χ2n) is 4.38. The van der Waals surface area contributed by atoms with Crippen LogP contribution in [0.1, 0.15) is 22.5 Å². The van der Waals surface area contributed by atoms with Crippen molar-refractivity contribution in [3.63, 3.8) is 0 Å². The Bertz CT molecular complexity index is 548. The zero-order valence-corrected chi connectivity index (χ0v) is 12.5. The fourth-order valence-electron chi connectivity index (χ4n) is 1.87. The van der Waals surface area contributed by atoms with Crippen LogP contribution in [0.5, 0.6) is 0 Å². The van der Waals surface area contributed by atoms with Crippen LogP contribution in [-0.4, -0.2) is 14.8 Å². The average Bonchev–Trinajstić information content (AvgIpc) is 2.58. The van der Waals surface area contributed by atoms with Gasteiger partial charge in [0.25, 0.3) is 0 Å². The van der Waals surface area contributed by atoms with E-state index in [1.165, 1.54) is 11.1 Å². The van der Waals surface area contributed by atoms with Crippen LogP contribution >= 0.6 is 15.9 Å². The second kappa shape index (κ2) is 5.63. The summed E-state index contributed by atoms with van der Waals surface area (Å²) >= 11 is 3.57. The van der Waals surface area contributed by atoms with Crippen molar-refractivity contribution in [1.29, 1.82) is 0 Å². The van der Waals surface area contributed by atoms with E-state index in [1.54, 1.807) is 0 Å². The van der Waals surface area contributed by atoms with Crippen LogP contribution in [-0.2, 0) is 20.1 Å². The van der Waals surface area contributed by atoms with Gasteiger partial charge in [-0.1, -0.05) is 0 Å². The van der Waals surface area contributed by atoms with Crippen LogP contribution in [0.3, 0.4) is 0 Å². The van der Waals surface area contributed by atoms with Gasteiger partial charge in [-0.3, -0.25) is 9.67 Å². The summed E-state index contributed by atoms with van der Waals surface area (Å²) in [7, 11) is 1.96. The lowest BCUT2D eigenvalue weighted by Gasteiger charge is -2.08. The highest BCUT2D eigenvalue weighted by Crippen LogP contribution is 2.19. The molecule has 18 heavy (non-hydrogen) atoms. The van der Waals surface area contributed by atoms with E-state index < -0.39 is 0 Å². The van der Waals surface area contributed by atoms with Gasteiger partial charge in [0.2, 0.25) is 0 Å². The first kappa shape index (κ1) is 13.2. The Morgan fingerprint density at radius 2 is 2.11 bits per heavy atom. The molecule has 4 nitrogen and oxygen atoms in total. The van der Waals surface area contributed by atoms with E-state index in [0.29, 0.717) is 0 Å². The van der Waals surface area contributed by atoms with Crippen molar-refractivity contribution in [2.24, 2.45) is 7.05 Å². The van der Waals surface area contributed by atoms with Gasteiger partial charge >= 0.3 is 0 Å². The number of nitrogens with zero attached hydrogens (tertiary/aromatic N) is 3. The SMILES string of the molecule is Cc1ccncc1CNCc1c(Br)c(C)nn1C. The van der Waals surface area contributed by atoms with Gasteiger partial charge in [0.1, 0.15) is 0 Å². The van der Waals surface area contributed by atoms with Crippen LogP contribution < -0.4 is 5.32 Å². The lowest BCUT2D eigenvalue weighted by Crippen LogP contribution is -2.16. The molecule has 2 rings (SSSR count). The van der Waals surface area contributed by atoms with Crippen LogP contribution in [0.15, 0.2) is 22.9 Å². The molecule has 0 radical (unpaired) electrons. The largest absolute Gasteiger partial charge is 0.307 e. The van der Waals surface area contributed by atoms with Gasteiger partial charge < -0.3 is 5.32 Å². The number of hydrogen-bond donors (Lipinski definition) is 1. The van der Waals surface area contributed by atoms with E-state index in [2.05, 4.69) is 38.3 Å². The third-order valence-corrected chi connectivity index (χ3v) is 4.05. The Hall–Kier alpha value is -1.20. The minimum Gasteiger partial charge on any atom is -0.307 e. The Labute approximate surface area is 116 Å². The summed E-state index contributed by atoms with van der Waals surface area (Å²) in [6.45, 7) is 5.70. The molecule has 0 amide bonds. The van der Waals surface area contributed by atoms with E-state index in [0.717, 1.165) is 29.0 Å². The van der Waals surface area contributed by atoms with Crippen molar-refractivity contribution < 1.29 is 0 Å². The molecule has 2 aromatic rings. The predicted molar refractivity (Wildman–Crippen MR) is 75.2 cm³/mol. The first-order chi connectivity index (χ1) is 8.59. The van der Waals surface area contributed by atoms with Crippen molar-refractivity contribution in [1.82, 2.24) is 20.1 Å². The van der Waals surface area contributed by atoms with Crippen LogP contribution in [0, 0.1) is 13.8 Å². The highest BCUT2D eigenvalue weighted by atomic mass is 79.9. The molecule has 96 valence electrons. The first-order valence-corrected chi connectivity index (χ1v) is 6.67. The Morgan fingerprint density at radius 1 is 1.33 bits per heavy atom. The molecule has 0 aliphatic heterocycles. The molecular formula is C13H17BrN4. The van der Waals surface area contributed by atoms with E-state index >= 15 is 0 Å². The second-order valence-corrected chi connectivity index (χ2v) is 5.17. The van der Waals surface area contributed by atoms with Crippen molar-refractivity contribution in [3.8, 4) is 0 Å². The highest BCUT2D eigenvalue weighted by molar-refractivity contribution is 9.10. The van der Waals surface area contributed by atoms with E-state index in [4.69, 9.17) is 0 Å². The molecule has 2 heterocycles. The van der Waals surface area contributed by atoms with Gasteiger partial charge in [-0.25, -0.2) is 0 Å². The Kier molecular flexibility index (Phi) is 4.14. The van der Waals surface area contributed by atoms with Gasteiger partial charge in [0.15, 0.2) is 0 Å². The van der Waals surface area contributed by atoms with Gasteiger partial charge in [-0.05, 0) is 47.0 Å². The van der Waals surface area contributed by atoms with Gasteiger partial charge in [-0.15, -0.1) is 0 Å². The molecule has 5 heteroatoms. The number of hydrogen-bond acceptors (Lipinski definition) is 3. The lowest BCUT2D eigenvalue weighted by atomic mass is 10.1. The van der Waals surface area contributed by atoms with Gasteiger partial charge in [0, 0.05) is 32.5 Å². The molecule has 0 atom stereocenters. The molecule has 0 unspecified atom stereocenters. The number of rotatable bonds is 4. The summed E-state index contributed by atoms with van der Waals surface area (Å²) in [4.78, 5) is 4.14. The molecule has 0 bridgehead atoms. The minimum atomic E-state index is 0.784. The standard InChI is InChI=1S/C13H17BrN4/c1-9-4-5-15-6-11(9)7-16-8-12-13(14)10(2)17-18(12)3/h4-6,16H,7-8H2,1-3H3. The van der Waals surface area contributed by atoms with Gasteiger partial charge in [-0.2, -0.15) is 5.10 Å². The van der Waals surface area contributed by atoms with Crippen LogP contribution in [0.4, 0.5) is 0 Å². The quantitative estimate of drug-likeness (QED) is 0.943. The maximum atomic E-state index is 4.37. The summed E-state index contributed by atoms with van der Waals surface area (Å²) in [5.41, 5.74) is 4.67. The Morgan fingerprint density at radius 3 is 2.72 bits per heavy atom. The lowest BCUT2D eigenvalue weighted by molar-refractivity contribution is 0.621. The number of aromatic nitrogens is 3. The van der Waals surface area contributed by atoms with E-state index in [1.807, 2.05) is 37.1 Å². The van der Waals surface area contributed by atoms with Crippen LogP contribution in [0.2, 0.25) is 0 Å². The maximum Gasteiger partial charge on any atom is 0.0739 e. The zero-order valence-electron chi connectivity index (χ0n) is 10.9.